The van der Waals surface area contributed by atoms with E-state index in [0.29, 0.717) is 5.56 Å². The minimum absolute atomic E-state index is 0.0672. The van der Waals surface area contributed by atoms with Crippen molar-refractivity contribution in [3.63, 3.8) is 0 Å². The Morgan fingerprint density at radius 1 is 1.20 bits per heavy atom. The molecule has 1 aliphatic carbocycles. The molecule has 0 amide bonds. The van der Waals surface area contributed by atoms with Crippen molar-refractivity contribution in [1.29, 1.82) is 0 Å². The van der Waals surface area contributed by atoms with Crippen LogP contribution >= 0.6 is 10.5 Å². The molecule has 1 heterocycles. The van der Waals surface area contributed by atoms with E-state index in [2.05, 4.69) is 61.6 Å². The Morgan fingerprint density at radius 2 is 2.00 bits per heavy atom. The van der Waals surface area contributed by atoms with Crippen LogP contribution in [0.4, 0.5) is 0 Å². The molecule has 3 unspecified atom stereocenters. The van der Waals surface area contributed by atoms with Crippen molar-refractivity contribution >= 4 is 26.5 Å². The number of fused-ring (bicyclic) bond motifs is 1. The van der Waals surface area contributed by atoms with Crippen LogP contribution in [0.2, 0.25) is 0 Å². The molecule has 3 aromatic rings. The van der Waals surface area contributed by atoms with Gasteiger partial charge in [0, 0.05) is 33.4 Å². The van der Waals surface area contributed by atoms with Gasteiger partial charge in [0.25, 0.3) is 0 Å². The van der Waals surface area contributed by atoms with Crippen LogP contribution in [0.3, 0.4) is 0 Å². The molecule has 2 nitrogen and oxygen atoms in total. The van der Waals surface area contributed by atoms with Crippen LogP contribution in [0.15, 0.2) is 65.6 Å². The summed E-state index contributed by atoms with van der Waals surface area (Å²) in [6.45, 7) is 6.09. The molecule has 2 aromatic carbocycles. The highest BCUT2D eigenvalue weighted by Gasteiger charge is 2.38. The SMILES string of the molecule is C#CC(C)(OC(=O)c1cccc(-[s+]2cc(C)c3ccccc32)c1)C1CCCC=C1C. The number of carbonyl (C=O) groups excluding carboxylic acids is 1. The minimum atomic E-state index is -0.938. The van der Waals surface area contributed by atoms with Gasteiger partial charge in [0.1, 0.15) is 5.38 Å². The van der Waals surface area contributed by atoms with Crippen molar-refractivity contribution in [2.45, 2.75) is 45.6 Å². The summed E-state index contributed by atoms with van der Waals surface area (Å²) < 4.78 is 7.27. The lowest BCUT2D eigenvalue weighted by Gasteiger charge is -2.35. The van der Waals surface area contributed by atoms with E-state index in [1.165, 1.54) is 21.2 Å². The third kappa shape index (κ3) is 3.68. The zero-order chi connectivity index (χ0) is 21.3. The minimum Gasteiger partial charge on any atom is -0.442 e. The molecule has 0 N–H and O–H groups in total. The van der Waals surface area contributed by atoms with E-state index in [1.807, 2.05) is 25.1 Å². The van der Waals surface area contributed by atoms with Gasteiger partial charge in [-0.2, -0.15) is 0 Å². The largest absolute Gasteiger partial charge is 0.442 e. The maximum Gasteiger partial charge on any atom is 0.339 e. The molecule has 1 aromatic heterocycles. The summed E-state index contributed by atoms with van der Waals surface area (Å²) in [5, 5.41) is 3.57. The fraction of sp³-hybridized carbons (Fsp3) is 0.296. The lowest BCUT2D eigenvalue weighted by Crippen LogP contribution is -2.40. The summed E-state index contributed by atoms with van der Waals surface area (Å²) >= 11 is 0. The van der Waals surface area contributed by atoms with E-state index in [9.17, 15) is 4.79 Å². The third-order valence-corrected chi connectivity index (χ3v) is 8.32. The Labute approximate surface area is 181 Å². The Balaban J connectivity index is 1.65. The Bertz CT molecular complexity index is 1180. The highest BCUT2D eigenvalue weighted by Crippen LogP contribution is 2.42. The number of esters is 1. The van der Waals surface area contributed by atoms with E-state index in [4.69, 9.17) is 11.2 Å². The normalized spacial score (nSPS) is 18.9. The van der Waals surface area contributed by atoms with Gasteiger partial charge in [-0.1, -0.05) is 35.8 Å². The van der Waals surface area contributed by atoms with Gasteiger partial charge in [0.15, 0.2) is 15.2 Å². The first-order chi connectivity index (χ1) is 14.4. The topological polar surface area (TPSA) is 26.3 Å². The lowest BCUT2D eigenvalue weighted by molar-refractivity contribution is -0.00496. The molecule has 0 fully saturated rings. The molecule has 30 heavy (non-hydrogen) atoms. The Hall–Kier alpha value is -2.83. The molecule has 0 spiro atoms. The lowest BCUT2D eigenvalue weighted by atomic mass is 9.77. The summed E-state index contributed by atoms with van der Waals surface area (Å²) in [6.07, 6.45) is 11.2. The van der Waals surface area contributed by atoms with E-state index >= 15 is 0 Å². The number of ether oxygens (including phenoxy) is 1. The number of aryl methyl sites for hydroxylation is 1. The number of rotatable bonds is 4. The van der Waals surface area contributed by atoms with Crippen LogP contribution in [-0.4, -0.2) is 11.6 Å². The van der Waals surface area contributed by atoms with Crippen molar-refractivity contribution in [3.8, 4) is 17.2 Å². The number of benzene rings is 2. The van der Waals surface area contributed by atoms with Gasteiger partial charge in [-0.05, 0) is 64.3 Å². The van der Waals surface area contributed by atoms with Gasteiger partial charge >= 0.3 is 5.97 Å². The first kappa shape index (κ1) is 20.4. The maximum absolute atomic E-state index is 13.1. The average molecular weight is 416 g/mol. The maximum atomic E-state index is 13.1. The van der Waals surface area contributed by atoms with Gasteiger partial charge in [0.2, 0.25) is 0 Å². The zero-order valence-electron chi connectivity index (χ0n) is 17.8. The van der Waals surface area contributed by atoms with Crippen LogP contribution in [0.1, 0.15) is 49.0 Å². The predicted octanol–water partition coefficient (Wildman–Crippen LogP) is 7.18. The van der Waals surface area contributed by atoms with Gasteiger partial charge < -0.3 is 4.74 Å². The second kappa shape index (κ2) is 8.13. The van der Waals surface area contributed by atoms with E-state index in [-0.39, 0.29) is 22.4 Å². The molecule has 0 radical (unpaired) electrons. The molecule has 3 atom stereocenters. The fourth-order valence-electron chi connectivity index (χ4n) is 4.43. The van der Waals surface area contributed by atoms with Gasteiger partial charge in [-0.3, -0.25) is 0 Å². The predicted molar refractivity (Wildman–Crippen MR) is 126 cm³/mol. The summed E-state index contributed by atoms with van der Waals surface area (Å²) in [7, 11) is -0.177. The summed E-state index contributed by atoms with van der Waals surface area (Å²) in [5.41, 5.74) is 2.11. The van der Waals surface area contributed by atoms with Gasteiger partial charge in [0.05, 0.1) is 5.56 Å². The fourth-order valence-corrected chi connectivity index (χ4v) is 6.59. The summed E-state index contributed by atoms with van der Waals surface area (Å²) in [6, 6.07) is 16.3. The van der Waals surface area contributed by atoms with E-state index < -0.39 is 5.60 Å². The molecule has 1 aliphatic rings. The molecule has 0 bridgehead atoms. The zero-order valence-corrected chi connectivity index (χ0v) is 18.6. The molecule has 4 rings (SSSR count). The van der Waals surface area contributed by atoms with E-state index in [0.717, 1.165) is 24.2 Å². The van der Waals surface area contributed by atoms with Gasteiger partial charge in [-0.15, -0.1) is 6.42 Å². The van der Waals surface area contributed by atoms with Crippen molar-refractivity contribution in [3.05, 3.63) is 76.7 Å². The number of thiophene rings is 1. The smallest absolute Gasteiger partial charge is 0.339 e. The van der Waals surface area contributed by atoms with Crippen molar-refractivity contribution in [1.82, 2.24) is 0 Å². The first-order valence-corrected chi connectivity index (χ1v) is 11.7. The van der Waals surface area contributed by atoms with E-state index in [1.54, 1.807) is 0 Å². The molecule has 3 heteroatoms. The molecule has 0 aliphatic heterocycles. The number of hydrogen-bond acceptors (Lipinski definition) is 2. The number of terminal acetylenes is 1. The van der Waals surface area contributed by atoms with Gasteiger partial charge in [-0.25, -0.2) is 4.79 Å². The third-order valence-electron chi connectivity index (χ3n) is 6.14. The average Bonchev–Trinajstić information content (AvgIpc) is 3.11. The van der Waals surface area contributed by atoms with Crippen molar-refractivity contribution in [2.24, 2.45) is 5.92 Å². The molecule has 152 valence electrons. The molecular formula is C27H27O2S+. The Morgan fingerprint density at radius 3 is 2.77 bits per heavy atom. The molecule has 0 saturated heterocycles. The highest BCUT2D eigenvalue weighted by atomic mass is 32.2. The standard InChI is InChI=1S/C27H27O2S/c1-5-27(4,24-15-8-6-11-19(24)2)29-26(28)21-12-10-13-22(17-21)30-18-20(3)23-14-7-9-16-25(23)30/h1,7,9-14,16-18,24H,6,8,15H2,2-4H3/q+1. The Kier molecular flexibility index (Phi) is 5.54. The summed E-state index contributed by atoms with van der Waals surface area (Å²) in [5.74, 6) is 2.49. The van der Waals surface area contributed by atoms with Crippen LogP contribution in [0.5, 0.6) is 0 Å². The number of carbonyl (C=O) groups is 1. The van der Waals surface area contributed by atoms with Crippen LogP contribution in [0, 0.1) is 25.2 Å². The number of hydrogen-bond donors (Lipinski definition) is 0. The van der Waals surface area contributed by atoms with Crippen LogP contribution < -0.4 is 0 Å². The molecular weight excluding hydrogens is 388 g/mol. The second-order valence-electron chi connectivity index (χ2n) is 8.24. The number of allylic oxidation sites excluding steroid dienone is 1. The second-order valence-corrected chi connectivity index (χ2v) is 10.1. The van der Waals surface area contributed by atoms with Crippen LogP contribution in [-0.2, 0) is 4.74 Å². The first-order valence-electron chi connectivity index (χ1n) is 10.4. The molecule has 0 saturated carbocycles. The quantitative estimate of drug-likeness (QED) is 0.195. The van der Waals surface area contributed by atoms with Crippen LogP contribution in [0.25, 0.3) is 15.0 Å². The highest BCUT2D eigenvalue weighted by molar-refractivity contribution is 7.43. The summed E-state index contributed by atoms with van der Waals surface area (Å²) in [4.78, 5) is 14.2. The monoisotopic (exact) mass is 415 g/mol. The van der Waals surface area contributed by atoms with Crippen molar-refractivity contribution < 1.29 is 9.53 Å². The van der Waals surface area contributed by atoms with Crippen molar-refractivity contribution in [2.75, 3.05) is 0 Å².